The minimum absolute atomic E-state index is 0.233. The summed E-state index contributed by atoms with van der Waals surface area (Å²) in [6.45, 7) is 6.96. The summed E-state index contributed by atoms with van der Waals surface area (Å²) in [4.78, 5) is 11.8. The smallest absolute Gasteiger partial charge is 0.378 e. The summed E-state index contributed by atoms with van der Waals surface area (Å²) in [6, 6.07) is 0. The van der Waals surface area contributed by atoms with E-state index in [1.165, 1.54) is 0 Å². The van der Waals surface area contributed by atoms with Crippen LogP contribution in [0.25, 0.3) is 0 Å². The monoisotopic (exact) mass is 224 g/mol. The first-order chi connectivity index (χ1) is 7.47. The largest absolute Gasteiger partial charge is 0.454 e. The van der Waals surface area contributed by atoms with Gasteiger partial charge in [-0.25, -0.2) is 4.79 Å². The van der Waals surface area contributed by atoms with E-state index in [-0.39, 0.29) is 5.76 Å². The summed E-state index contributed by atoms with van der Waals surface area (Å²) >= 11 is 0. The molecule has 1 aromatic rings. The van der Waals surface area contributed by atoms with E-state index in [0.29, 0.717) is 6.54 Å². The first-order valence-electron chi connectivity index (χ1n) is 5.39. The molecule has 5 heteroatoms. The van der Waals surface area contributed by atoms with Crippen LogP contribution in [0.5, 0.6) is 0 Å². The second-order valence-electron chi connectivity index (χ2n) is 4.87. The van der Waals surface area contributed by atoms with E-state index in [0.717, 1.165) is 24.2 Å². The molecule has 2 rings (SSSR count). The van der Waals surface area contributed by atoms with Crippen molar-refractivity contribution < 1.29 is 14.1 Å². The van der Waals surface area contributed by atoms with Crippen molar-refractivity contribution in [1.29, 1.82) is 0 Å². The molecular weight excluding hydrogens is 208 g/mol. The number of rotatable bonds is 1. The molecule has 0 atom stereocenters. The summed E-state index contributed by atoms with van der Waals surface area (Å²) in [7, 11) is 0. The van der Waals surface area contributed by atoms with Gasteiger partial charge in [-0.15, -0.1) is 0 Å². The second kappa shape index (κ2) is 3.90. The topological polar surface area (TPSA) is 64.4 Å². The van der Waals surface area contributed by atoms with E-state index in [4.69, 9.17) is 9.26 Å². The fraction of sp³-hybridized carbons (Fsp3) is 0.636. The lowest BCUT2D eigenvalue weighted by molar-refractivity contribution is 0.00260. The Bertz CT molecular complexity index is 404. The van der Waals surface area contributed by atoms with E-state index in [1.54, 1.807) is 0 Å². The number of hydrogen-bond donors (Lipinski definition) is 1. The maximum absolute atomic E-state index is 11.8. The molecule has 5 nitrogen and oxygen atoms in total. The SMILES string of the molecule is CC(C)(C)OC(=O)c1onc2c1CNCC2. The minimum Gasteiger partial charge on any atom is -0.454 e. The second-order valence-corrected chi connectivity index (χ2v) is 4.87. The van der Waals surface area contributed by atoms with Gasteiger partial charge in [0, 0.05) is 25.1 Å². The van der Waals surface area contributed by atoms with Gasteiger partial charge in [-0.3, -0.25) is 0 Å². The highest BCUT2D eigenvalue weighted by Gasteiger charge is 2.28. The van der Waals surface area contributed by atoms with E-state index in [2.05, 4.69) is 10.5 Å². The highest BCUT2D eigenvalue weighted by Crippen LogP contribution is 2.20. The van der Waals surface area contributed by atoms with E-state index in [1.807, 2.05) is 20.8 Å². The Morgan fingerprint density at radius 3 is 2.94 bits per heavy atom. The lowest BCUT2D eigenvalue weighted by Gasteiger charge is -2.19. The molecule has 1 aliphatic rings. The van der Waals surface area contributed by atoms with Gasteiger partial charge >= 0.3 is 5.97 Å². The van der Waals surface area contributed by atoms with Crippen molar-refractivity contribution in [2.75, 3.05) is 6.54 Å². The Kier molecular flexibility index (Phi) is 2.71. The van der Waals surface area contributed by atoms with Crippen LogP contribution in [0.15, 0.2) is 4.52 Å². The lowest BCUT2D eigenvalue weighted by Crippen LogP contribution is -2.27. The molecule has 0 unspecified atom stereocenters. The number of hydrogen-bond acceptors (Lipinski definition) is 5. The zero-order valence-electron chi connectivity index (χ0n) is 9.79. The Labute approximate surface area is 94.1 Å². The van der Waals surface area contributed by atoms with Gasteiger partial charge < -0.3 is 14.6 Å². The molecule has 0 bridgehead atoms. The molecule has 0 spiro atoms. The fourth-order valence-electron chi connectivity index (χ4n) is 1.63. The van der Waals surface area contributed by atoms with E-state index in [9.17, 15) is 4.79 Å². The number of carbonyl (C=O) groups is 1. The number of fused-ring (bicyclic) bond motifs is 1. The summed E-state index contributed by atoms with van der Waals surface area (Å²) < 4.78 is 10.3. The van der Waals surface area contributed by atoms with Gasteiger partial charge in [-0.2, -0.15) is 0 Å². The van der Waals surface area contributed by atoms with Gasteiger partial charge in [-0.1, -0.05) is 5.16 Å². The molecule has 1 aliphatic heterocycles. The molecule has 0 radical (unpaired) electrons. The first kappa shape index (κ1) is 11.1. The normalized spacial score (nSPS) is 15.7. The highest BCUT2D eigenvalue weighted by atomic mass is 16.6. The number of esters is 1. The van der Waals surface area contributed by atoms with Crippen LogP contribution in [-0.2, 0) is 17.7 Å². The molecule has 88 valence electrons. The van der Waals surface area contributed by atoms with Gasteiger partial charge in [0.2, 0.25) is 5.76 Å². The molecule has 2 heterocycles. The Balaban J connectivity index is 2.21. The highest BCUT2D eigenvalue weighted by molar-refractivity contribution is 5.88. The van der Waals surface area contributed by atoms with Gasteiger partial charge in [0.15, 0.2) is 0 Å². The van der Waals surface area contributed by atoms with Crippen molar-refractivity contribution in [1.82, 2.24) is 10.5 Å². The van der Waals surface area contributed by atoms with Crippen molar-refractivity contribution in [2.45, 2.75) is 39.3 Å². The third kappa shape index (κ3) is 2.24. The quantitative estimate of drug-likeness (QED) is 0.728. The molecule has 0 amide bonds. The number of ether oxygens (including phenoxy) is 1. The molecule has 0 saturated carbocycles. The average molecular weight is 224 g/mol. The van der Waals surface area contributed by atoms with Gasteiger partial charge in [-0.05, 0) is 20.8 Å². The minimum atomic E-state index is -0.515. The van der Waals surface area contributed by atoms with E-state index >= 15 is 0 Å². The molecule has 0 saturated heterocycles. The van der Waals surface area contributed by atoms with Crippen molar-refractivity contribution in [3.63, 3.8) is 0 Å². The van der Waals surface area contributed by atoms with Crippen LogP contribution in [0.3, 0.4) is 0 Å². The van der Waals surface area contributed by atoms with Crippen molar-refractivity contribution in [2.24, 2.45) is 0 Å². The van der Waals surface area contributed by atoms with Crippen LogP contribution >= 0.6 is 0 Å². The van der Waals surface area contributed by atoms with Crippen molar-refractivity contribution in [3.05, 3.63) is 17.0 Å². The molecular formula is C11H16N2O3. The molecule has 16 heavy (non-hydrogen) atoms. The number of nitrogens with zero attached hydrogens (tertiary/aromatic N) is 1. The molecule has 1 N–H and O–H groups in total. The van der Waals surface area contributed by atoms with Gasteiger partial charge in [0.25, 0.3) is 0 Å². The molecule has 0 fully saturated rings. The van der Waals surface area contributed by atoms with Gasteiger partial charge in [0.1, 0.15) is 5.60 Å². The van der Waals surface area contributed by atoms with Crippen LogP contribution in [-0.4, -0.2) is 23.3 Å². The number of carbonyl (C=O) groups excluding carboxylic acids is 1. The first-order valence-corrected chi connectivity index (χ1v) is 5.39. The van der Waals surface area contributed by atoms with Crippen LogP contribution in [0, 0.1) is 0 Å². The van der Waals surface area contributed by atoms with Crippen LogP contribution < -0.4 is 5.32 Å². The van der Waals surface area contributed by atoms with Crippen LogP contribution in [0.4, 0.5) is 0 Å². The van der Waals surface area contributed by atoms with Crippen LogP contribution in [0.1, 0.15) is 42.6 Å². The summed E-state index contributed by atoms with van der Waals surface area (Å²) in [6.07, 6.45) is 0.793. The van der Waals surface area contributed by atoms with E-state index < -0.39 is 11.6 Å². The zero-order chi connectivity index (χ0) is 11.8. The molecule has 0 aromatic carbocycles. The zero-order valence-corrected chi connectivity index (χ0v) is 9.79. The molecule has 0 aliphatic carbocycles. The summed E-state index contributed by atoms with van der Waals surface area (Å²) in [5, 5.41) is 7.07. The predicted molar refractivity (Wildman–Crippen MR) is 57.1 cm³/mol. The average Bonchev–Trinajstić information content (AvgIpc) is 2.58. The molecule has 1 aromatic heterocycles. The van der Waals surface area contributed by atoms with Crippen molar-refractivity contribution >= 4 is 5.97 Å². The third-order valence-corrected chi connectivity index (χ3v) is 2.29. The summed E-state index contributed by atoms with van der Waals surface area (Å²) in [5.74, 6) is -0.206. The van der Waals surface area contributed by atoms with Crippen molar-refractivity contribution in [3.8, 4) is 0 Å². The Hall–Kier alpha value is -1.36. The summed E-state index contributed by atoms with van der Waals surface area (Å²) in [5.41, 5.74) is 1.18. The standard InChI is InChI=1S/C11H16N2O3/c1-11(2,3)15-10(14)9-7-6-12-5-4-8(7)13-16-9/h12H,4-6H2,1-3H3. The maximum atomic E-state index is 11.8. The predicted octanol–water partition coefficient (Wildman–Crippen LogP) is 1.28. The van der Waals surface area contributed by atoms with Gasteiger partial charge in [0.05, 0.1) is 5.69 Å². The Morgan fingerprint density at radius 1 is 1.50 bits per heavy atom. The van der Waals surface area contributed by atoms with Crippen LogP contribution in [0.2, 0.25) is 0 Å². The maximum Gasteiger partial charge on any atom is 0.378 e. The third-order valence-electron chi connectivity index (χ3n) is 2.29. The number of aromatic nitrogens is 1. The Morgan fingerprint density at radius 2 is 2.25 bits per heavy atom. The lowest BCUT2D eigenvalue weighted by atomic mass is 10.1. The fourth-order valence-corrected chi connectivity index (χ4v) is 1.63. The number of nitrogens with one attached hydrogen (secondary N) is 1.